The van der Waals surface area contributed by atoms with Crippen LogP contribution in [0.4, 0.5) is 0 Å². The number of hydrogen-bond acceptors (Lipinski definition) is 5. The van der Waals surface area contributed by atoms with E-state index < -0.39 is 0 Å². The highest BCUT2D eigenvalue weighted by Gasteiger charge is 2.26. The Morgan fingerprint density at radius 3 is 3.00 bits per heavy atom. The first-order chi connectivity index (χ1) is 7.33. The summed E-state index contributed by atoms with van der Waals surface area (Å²) in [6.45, 7) is 1.01. The van der Waals surface area contributed by atoms with Gasteiger partial charge in [-0.1, -0.05) is 0 Å². The van der Waals surface area contributed by atoms with Crippen molar-refractivity contribution in [3.8, 4) is 5.88 Å². The molecule has 0 saturated carbocycles. The first-order valence-corrected chi connectivity index (χ1v) is 4.80. The van der Waals surface area contributed by atoms with E-state index in [0.717, 1.165) is 5.56 Å². The molecule has 0 aromatic carbocycles. The fourth-order valence-corrected chi connectivity index (χ4v) is 1.40. The van der Waals surface area contributed by atoms with Crippen molar-refractivity contribution in [1.29, 1.82) is 0 Å². The second-order valence-electron chi connectivity index (χ2n) is 3.29. The lowest BCUT2D eigenvalue weighted by Gasteiger charge is -2.10. The van der Waals surface area contributed by atoms with E-state index in [-0.39, 0.29) is 12.4 Å². The largest absolute Gasteiger partial charge is 0.481 e. The Labute approximate surface area is 88.2 Å². The Morgan fingerprint density at radius 2 is 2.47 bits per heavy atom. The van der Waals surface area contributed by atoms with Crippen molar-refractivity contribution >= 4 is 0 Å². The molecule has 0 bridgehead atoms. The summed E-state index contributed by atoms with van der Waals surface area (Å²) in [6, 6.07) is 3.65. The topological polar surface area (TPSA) is 66.6 Å². The molecule has 1 aromatic rings. The molecule has 2 N–H and O–H groups in total. The van der Waals surface area contributed by atoms with Crippen LogP contribution in [0.2, 0.25) is 0 Å². The fraction of sp³-hybridized carbons (Fsp3) is 0.500. The van der Waals surface area contributed by atoms with Gasteiger partial charge in [-0.05, 0) is 6.07 Å². The molecule has 82 valence electrons. The van der Waals surface area contributed by atoms with Crippen molar-refractivity contribution in [2.75, 3.05) is 20.3 Å². The van der Waals surface area contributed by atoms with E-state index in [0.29, 0.717) is 19.0 Å². The normalized spacial score (nSPS) is 25.5. The van der Waals surface area contributed by atoms with E-state index >= 15 is 0 Å². The van der Waals surface area contributed by atoms with Crippen molar-refractivity contribution in [2.24, 2.45) is 5.73 Å². The van der Waals surface area contributed by atoms with Crippen LogP contribution in [0.25, 0.3) is 0 Å². The molecular formula is C10H14N2O3. The van der Waals surface area contributed by atoms with Gasteiger partial charge in [0, 0.05) is 24.4 Å². The monoisotopic (exact) mass is 210 g/mol. The predicted molar refractivity (Wildman–Crippen MR) is 53.4 cm³/mol. The van der Waals surface area contributed by atoms with Gasteiger partial charge in [0.25, 0.3) is 0 Å². The summed E-state index contributed by atoms with van der Waals surface area (Å²) in [6.07, 6.45) is 1.32. The third-order valence-electron chi connectivity index (χ3n) is 2.25. The zero-order chi connectivity index (χ0) is 10.7. The molecule has 15 heavy (non-hydrogen) atoms. The second kappa shape index (κ2) is 4.57. The molecule has 2 rings (SSSR count). The van der Waals surface area contributed by atoms with Gasteiger partial charge >= 0.3 is 0 Å². The smallest absolute Gasteiger partial charge is 0.212 e. The molecule has 0 radical (unpaired) electrons. The average Bonchev–Trinajstić information content (AvgIpc) is 2.78. The van der Waals surface area contributed by atoms with Crippen LogP contribution >= 0.6 is 0 Å². The third-order valence-corrected chi connectivity index (χ3v) is 2.25. The molecule has 2 unspecified atom stereocenters. The van der Waals surface area contributed by atoms with E-state index in [4.69, 9.17) is 19.9 Å². The molecule has 1 fully saturated rings. The second-order valence-corrected chi connectivity index (χ2v) is 3.29. The van der Waals surface area contributed by atoms with Gasteiger partial charge in [0.2, 0.25) is 5.88 Å². The molecule has 5 heteroatoms. The van der Waals surface area contributed by atoms with Gasteiger partial charge in [-0.3, -0.25) is 0 Å². The van der Waals surface area contributed by atoms with Crippen molar-refractivity contribution < 1.29 is 14.2 Å². The highest BCUT2D eigenvalue weighted by molar-refractivity contribution is 5.19. The summed E-state index contributed by atoms with van der Waals surface area (Å²) >= 11 is 0. The number of nitrogens with two attached hydrogens (primary N) is 1. The Bertz CT molecular complexity index is 315. The molecule has 1 aliphatic rings. The predicted octanol–water partition coefficient (Wildman–Crippen LogP) is 0.463. The van der Waals surface area contributed by atoms with E-state index in [1.807, 2.05) is 6.07 Å². The van der Waals surface area contributed by atoms with Crippen molar-refractivity contribution in [3.05, 3.63) is 23.9 Å². The van der Waals surface area contributed by atoms with Crippen molar-refractivity contribution in [1.82, 2.24) is 4.98 Å². The molecule has 1 aromatic heterocycles. The lowest BCUT2D eigenvalue weighted by Crippen LogP contribution is -2.21. The molecule has 2 atom stereocenters. The number of aromatic nitrogens is 1. The van der Waals surface area contributed by atoms with Crippen molar-refractivity contribution in [3.63, 3.8) is 0 Å². The number of nitrogens with zero attached hydrogens (tertiary/aromatic N) is 1. The maximum atomic E-state index is 5.54. The van der Waals surface area contributed by atoms with Crippen LogP contribution in [0.15, 0.2) is 18.3 Å². The molecule has 2 heterocycles. The summed E-state index contributed by atoms with van der Waals surface area (Å²) in [5, 5.41) is 0. The lowest BCUT2D eigenvalue weighted by atomic mass is 10.3. The van der Waals surface area contributed by atoms with Crippen LogP contribution in [-0.2, 0) is 9.47 Å². The highest BCUT2D eigenvalue weighted by Crippen LogP contribution is 2.26. The maximum absolute atomic E-state index is 5.54. The Hall–Kier alpha value is -1.17. The van der Waals surface area contributed by atoms with Crippen LogP contribution in [0.3, 0.4) is 0 Å². The van der Waals surface area contributed by atoms with Crippen LogP contribution in [0, 0.1) is 0 Å². The molecular weight excluding hydrogens is 196 g/mol. The molecule has 0 spiro atoms. The molecule has 5 nitrogen and oxygen atoms in total. The lowest BCUT2D eigenvalue weighted by molar-refractivity contribution is -0.0587. The van der Waals surface area contributed by atoms with Gasteiger partial charge in [-0.2, -0.15) is 0 Å². The van der Waals surface area contributed by atoms with Crippen LogP contribution < -0.4 is 10.5 Å². The quantitative estimate of drug-likeness (QED) is 0.785. The SMILES string of the molecule is COc1ccc(C2OCC(CN)O2)cn1. The molecule has 0 amide bonds. The molecule has 1 saturated heterocycles. The molecule has 0 aliphatic carbocycles. The number of hydrogen-bond donors (Lipinski definition) is 1. The van der Waals surface area contributed by atoms with Gasteiger partial charge in [0.15, 0.2) is 6.29 Å². The fourth-order valence-electron chi connectivity index (χ4n) is 1.40. The minimum atomic E-state index is -0.350. The van der Waals surface area contributed by atoms with E-state index in [2.05, 4.69) is 4.98 Å². The van der Waals surface area contributed by atoms with Crippen LogP contribution in [0.1, 0.15) is 11.9 Å². The Morgan fingerprint density at radius 1 is 1.60 bits per heavy atom. The summed E-state index contributed by atoms with van der Waals surface area (Å²) < 4.78 is 15.9. The van der Waals surface area contributed by atoms with Crippen LogP contribution in [-0.4, -0.2) is 31.3 Å². The van der Waals surface area contributed by atoms with Gasteiger partial charge in [0.1, 0.15) is 0 Å². The zero-order valence-electron chi connectivity index (χ0n) is 8.55. The van der Waals surface area contributed by atoms with Crippen molar-refractivity contribution in [2.45, 2.75) is 12.4 Å². The van der Waals surface area contributed by atoms with Gasteiger partial charge in [0.05, 0.1) is 19.8 Å². The highest BCUT2D eigenvalue weighted by atomic mass is 16.7. The minimum Gasteiger partial charge on any atom is -0.481 e. The first kappa shape index (κ1) is 10.4. The van der Waals surface area contributed by atoms with Gasteiger partial charge in [-0.25, -0.2) is 4.98 Å². The van der Waals surface area contributed by atoms with Gasteiger partial charge < -0.3 is 19.9 Å². The van der Waals surface area contributed by atoms with E-state index in [1.54, 1.807) is 19.4 Å². The van der Waals surface area contributed by atoms with Gasteiger partial charge in [-0.15, -0.1) is 0 Å². The summed E-state index contributed by atoms with van der Waals surface area (Å²) in [4.78, 5) is 4.08. The zero-order valence-corrected chi connectivity index (χ0v) is 8.55. The Balaban J connectivity index is 2.04. The number of methoxy groups -OCH3 is 1. The summed E-state index contributed by atoms with van der Waals surface area (Å²) in [5.41, 5.74) is 6.36. The first-order valence-electron chi connectivity index (χ1n) is 4.80. The number of ether oxygens (including phenoxy) is 3. The standard InChI is InChI=1S/C10H14N2O3/c1-13-9-3-2-7(5-12-9)10-14-6-8(4-11)15-10/h2-3,5,8,10H,4,6,11H2,1H3. The van der Waals surface area contributed by atoms with E-state index in [9.17, 15) is 0 Å². The summed E-state index contributed by atoms with van der Waals surface area (Å²) in [7, 11) is 1.58. The summed E-state index contributed by atoms with van der Waals surface area (Å²) in [5.74, 6) is 0.576. The average molecular weight is 210 g/mol. The molecule has 1 aliphatic heterocycles. The number of rotatable bonds is 3. The third kappa shape index (κ3) is 2.26. The maximum Gasteiger partial charge on any atom is 0.212 e. The minimum absolute atomic E-state index is 0.0166. The van der Waals surface area contributed by atoms with Crippen LogP contribution in [0.5, 0.6) is 5.88 Å². The Kier molecular flexibility index (Phi) is 3.15. The number of pyridine rings is 1. The van der Waals surface area contributed by atoms with E-state index in [1.165, 1.54) is 0 Å².